The third-order valence-electron chi connectivity index (χ3n) is 5.68. The first-order valence-electron chi connectivity index (χ1n) is 9.94. The molecular weight excluding hydrogens is 420 g/mol. The predicted molar refractivity (Wildman–Crippen MR) is 120 cm³/mol. The number of halogens is 2. The summed E-state index contributed by atoms with van der Waals surface area (Å²) < 4.78 is 1.88. The minimum atomic E-state index is -0.335. The van der Waals surface area contributed by atoms with Gasteiger partial charge >= 0.3 is 0 Å². The van der Waals surface area contributed by atoms with Crippen LogP contribution in [0.4, 0.5) is 5.69 Å². The first-order valence-corrected chi connectivity index (χ1v) is 10.7. The van der Waals surface area contributed by atoms with Crippen molar-refractivity contribution in [1.29, 1.82) is 5.26 Å². The Morgan fingerprint density at radius 3 is 2.67 bits per heavy atom. The topological polar surface area (TPSA) is 83.6 Å². The molecule has 0 unspecified atom stereocenters. The van der Waals surface area contributed by atoms with E-state index in [1.807, 2.05) is 11.6 Å². The molecule has 1 saturated heterocycles. The number of aryl methyl sites for hydroxylation is 1. The van der Waals surface area contributed by atoms with Crippen LogP contribution in [0, 0.1) is 24.1 Å². The van der Waals surface area contributed by atoms with Crippen molar-refractivity contribution in [2.75, 3.05) is 5.32 Å². The molecule has 0 saturated carbocycles. The van der Waals surface area contributed by atoms with Crippen LogP contribution in [0.25, 0.3) is 11.0 Å². The Morgan fingerprint density at radius 2 is 2.00 bits per heavy atom. The third-order valence-corrected chi connectivity index (χ3v) is 6.32. The van der Waals surface area contributed by atoms with E-state index in [9.17, 15) is 4.79 Å². The summed E-state index contributed by atoms with van der Waals surface area (Å²) in [6, 6.07) is 6.87. The number of rotatable bonds is 4. The molecule has 1 amide bonds. The molecule has 0 bridgehead atoms. The summed E-state index contributed by atoms with van der Waals surface area (Å²) in [5.74, 6) is 2.50. The highest BCUT2D eigenvalue weighted by Gasteiger charge is 2.26. The summed E-state index contributed by atoms with van der Waals surface area (Å²) >= 11 is 12.5. The number of nitrogens with one attached hydrogen (secondary N) is 1. The highest BCUT2D eigenvalue weighted by atomic mass is 35.5. The fourth-order valence-electron chi connectivity index (χ4n) is 4.01. The number of fused-ring (bicyclic) bond motifs is 1. The van der Waals surface area contributed by atoms with E-state index in [4.69, 9.17) is 28.5 Å². The number of carbonyl (C=O) groups is 1. The number of hydrogen-bond donors (Lipinski definition) is 1. The molecule has 1 aromatic carbocycles. The summed E-state index contributed by atoms with van der Waals surface area (Å²) in [5, 5.41) is 18.2. The van der Waals surface area contributed by atoms with Crippen LogP contribution in [0.1, 0.15) is 28.9 Å². The first-order chi connectivity index (χ1) is 14.5. The molecule has 1 aliphatic heterocycles. The largest absolute Gasteiger partial charge is 0.322 e. The second-order valence-corrected chi connectivity index (χ2v) is 8.57. The van der Waals surface area contributed by atoms with Crippen molar-refractivity contribution >= 4 is 52.5 Å². The van der Waals surface area contributed by atoms with Crippen LogP contribution >= 0.6 is 23.2 Å². The van der Waals surface area contributed by atoms with Gasteiger partial charge in [-0.25, -0.2) is 14.9 Å². The smallest absolute Gasteiger partial charge is 0.267 e. The van der Waals surface area contributed by atoms with E-state index in [0.717, 1.165) is 37.7 Å². The van der Waals surface area contributed by atoms with Gasteiger partial charge < -0.3 is 5.32 Å². The Bertz CT molecular complexity index is 1130. The molecular formula is C21H20BCl2N5O. The second-order valence-electron chi connectivity index (χ2n) is 7.76. The van der Waals surface area contributed by atoms with Crippen molar-refractivity contribution in [1.82, 2.24) is 14.8 Å². The lowest BCUT2D eigenvalue weighted by Crippen LogP contribution is -2.23. The Labute approximate surface area is 185 Å². The molecule has 152 valence electrons. The van der Waals surface area contributed by atoms with Crippen molar-refractivity contribution < 1.29 is 4.79 Å². The summed E-state index contributed by atoms with van der Waals surface area (Å²) in [5.41, 5.74) is 2.36. The number of hydrogen-bond acceptors (Lipinski definition) is 4. The van der Waals surface area contributed by atoms with Gasteiger partial charge in [-0.05, 0) is 37.1 Å². The normalized spacial score (nSPS) is 14.7. The Balaban J connectivity index is 1.57. The van der Waals surface area contributed by atoms with Gasteiger partial charge in [0.2, 0.25) is 0 Å². The number of nitriles is 1. The molecule has 0 aliphatic carbocycles. The van der Waals surface area contributed by atoms with Gasteiger partial charge in [0.25, 0.3) is 12.6 Å². The van der Waals surface area contributed by atoms with Crippen molar-refractivity contribution in [3.8, 4) is 5.97 Å². The quantitative estimate of drug-likeness (QED) is 0.561. The monoisotopic (exact) mass is 439 g/mol. The van der Waals surface area contributed by atoms with Crippen LogP contribution in [0.3, 0.4) is 0 Å². The lowest BCUT2D eigenvalue weighted by molar-refractivity contribution is 0.102. The van der Waals surface area contributed by atoms with Crippen molar-refractivity contribution in [2.45, 2.75) is 39.0 Å². The maximum atomic E-state index is 12.7. The van der Waals surface area contributed by atoms with Gasteiger partial charge in [0.05, 0.1) is 21.7 Å². The minimum absolute atomic E-state index is 0.173. The van der Waals surface area contributed by atoms with Crippen LogP contribution in [-0.4, -0.2) is 27.4 Å². The van der Waals surface area contributed by atoms with E-state index in [2.05, 4.69) is 21.4 Å². The van der Waals surface area contributed by atoms with E-state index in [-0.39, 0.29) is 12.6 Å². The minimum Gasteiger partial charge on any atom is -0.322 e. The average molecular weight is 440 g/mol. The SMILES string of the molecule is Cc1nn(CC2CCB(C#N)CC2)c2ncc(C(=O)Nc3ccc(Cl)cc3)c(Cl)c12. The number of anilines is 1. The highest BCUT2D eigenvalue weighted by Crippen LogP contribution is 2.31. The molecule has 3 heterocycles. The standard InChI is InChI=1S/C21H20BCl2N5O/c1-13-18-19(24)17(21(30)27-16-4-2-15(23)3-5-16)10-26-20(18)29(28-13)11-14-6-8-22(12-25)9-7-14/h2-5,10,14H,6-9,11H2,1H3,(H,27,30). The van der Waals surface area contributed by atoms with Gasteiger partial charge in [-0.1, -0.05) is 48.7 Å². The molecule has 0 atom stereocenters. The predicted octanol–water partition coefficient (Wildman–Crippen LogP) is 5.27. The molecule has 1 aliphatic rings. The lowest BCUT2D eigenvalue weighted by Gasteiger charge is -2.23. The number of carbonyl (C=O) groups excluding carboxylic acids is 1. The number of amides is 1. The van der Waals surface area contributed by atoms with Crippen LogP contribution < -0.4 is 5.32 Å². The highest BCUT2D eigenvalue weighted by molar-refractivity contribution is 6.67. The molecule has 0 radical (unpaired) electrons. The second kappa shape index (κ2) is 8.67. The fraction of sp³-hybridized carbons (Fsp3) is 0.333. The molecule has 0 spiro atoms. The van der Waals surface area contributed by atoms with E-state index >= 15 is 0 Å². The van der Waals surface area contributed by atoms with Crippen LogP contribution in [0.15, 0.2) is 30.5 Å². The summed E-state index contributed by atoms with van der Waals surface area (Å²) in [4.78, 5) is 17.3. The number of nitrogens with zero attached hydrogens (tertiary/aromatic N) is 4. The first kappa shape index (κ1) is 20.7. The van der Waals surface area contributed by atoms with Crippen molar-refractivity contribution in [3.63, 3.8) is 0 Å². The Hall–Kier alpha value is -2.56. The summed E-state index contributed by atoms with van der Waals surface area (Å²) in [7, 11) is 0. The van der Waals surface area contributed by atoms with E-state index in [1.54, 1.807) is 24.3 Å². The molecule has 4 rings (SSSR count). The molecule has 1 fully saturated rings. The van der Waals surface area contributed by atoms with Crippen LogP contribution in [-0.2, 0) is 6.54 Å². The fourth-order valence-corrected chi connectivity index (χ4v) is 4.49. The van der Waals surface area contributed by atoms with Gasteiger partial charge in [0, 0.05) is 29.4 Å². The number of benzene rings is 1. The van der Waals surface area contributed by atoms with E-state index in [1.165, 1.54) is 6.20 Å². The Morgan fingerprint density at radius 1 is 1.30 bits per heavy atom. The van der Waals surface area contributed by atoms with Crippen molar-refractivity contribution in [3.05, 3.63) is 51.8 Å². The summed E-state index contributed by atoms with van der Waals surface area (Å²) in [6.07, 6.45) is 5.38. The molecule has 1 N–H and O–H groups in total. The Kier molecular flexibility index (Phi) is 5.98. The maximum Gasteiger partial charge on any atom is 0.267 e. The number of aromatic nitrogens is 3. The average Bonchev–Trinajstić information content (AvgIpc) is 3.06. The third kappa shape index (κ3) is 4.16. The molecule has 3 aromatic rings. The van der Waals surface area contributed by atoms with Crippen molar-refractivity contribution in [2.24, 2.45) is 5.92 Å². The molecule has 6 nitrogen and oxygen atoms in total. The zero-order chi connectivity index (χ0) is 21.3. The van der Waals surface area contributed by atoms with Gasteiger partial charge in [-0.3, -0.25) is 4.79 Å². The molecule has 30 heavy (non-hydrogen) atoms. The van der Waals surface area contributed by atoms with Crippen LogP contribution in [0.5, 0.6) is 0 Å². The lowest BCUT2D eigenvalue weighted by atomic mass is 9.42. The summed E-state index contributed by atoms with van der Waals surface area (Å²) in [6.45, 7) is 2.79. The van der Waals surface area contributed by atoms with Gasteiger partial charge in [-0.15, -0.1) is 0 Å². The van der Waals surface area contributed by atoms with Crippen LogP contribution in [0.2, 0.25) is 22.7 Å². The van der Waals surface area contributed by atoms with E-state index < -0.39 is 0 Å². The molecule has 9 heteroatoms. The van der Waals surface area contributed by atoms with E-state index in [0.29, 0.717) is 38.2 Å². The zero-order valence-corrected chi connectivity index (χ0v) is 18.0. The van der Waals surface area contributed by atoms with Gasteiger partial charge in [0.15, 0.2) is 5.65 Å². The molecule has 2 aromatic heterocycles. The zero-order valence-electron chi connectivity index (χ0n) is 16.5. The van der Waals surface area contributed by atoms with Gasteiger partial charge in [-0.2, -0.15) is 5.10 Å². The van der Waals surface area contributed by atoms with Gasteiger partial charge in [0.1, 0.15) is 0 Å². The number of pyridine rings is 1. The maximum absolute atomic E-state index is 12.7.